The van der Waals surface area contributed by atoms with Crippen molar-refractivity contribution in [1.82, 2.24) is 5.32 Å². The van der Waals surface area contributed by atoms with Crippen LogP contribution < -0.4 is 5.32 Å². The molecule has 1 atom stereocenters. The van der Waals surface area contributed by atoms with Crippen LogP contribution in [0.25, 0.3) is 0 Å². The van der Waals surface area contributed by atoms with E-state index in [4.69, 9.17) is 4.42 Å². The molecule has 17 heavy (non-hydrogen) atoms. The largest absolute Gasteiger partial charge is 0.467 e. The van der Waals surface area contributed by atoms with Crippen LogP contribution >= 0.6 is 0 Å². The van der Waals surface area contributed by atoms with Gasteiger partial charge in [0.1, 0.15) is 11.9 Å². The van der Waals surface area contributed by atoms with E-state index < -0.39 is 6.10 Å². The Morgan fingerprint density at radius 3 is 2.82 bits per heavy atom. The van der Waals surface area contributed by atoms with Crippen molar-refractivity contribution in [3.63, 3.8) is 0 Å². The summed E-state index contributed by atoms with van der Waals surface area (Å²) >= 11 is 0. The fraction of sp³-hybridized carbons (Fsp3) is 0.714. The molecule has 1 heterocycles. The summed E-state index contributed by atoms with van der Waals surface area (Å²) in [5.74, 6) is 0.648. The van der Waals surface area contributed by atoms with Gasteiger partial charge in [-0.15, -0.1) is 0 Å². The van der Waals surface area contributed by atoms with Crippen LogP contribution in [-0.4, -0.2) is 18.2 Å². The first-order valence-electron chi connectivity index (χ1n) is 6.68. The molecule has 0 saturated heterocycles. The molecule has 0 amide bonds. The van der Waals surface area contributed by atoms with Crippen LogP contribution in [0, 0.1) is 5.41 Å². The van der Waals surface area contributed by atoms with Gasteiger partial charge in [-0.2, -0.15) is 0 Å². The second-order valence-electron chi connectivity index (χ2n) is 5.22. The van der Waals surface area contributed by atoms with E-state index in [1.165, 1.54) is 32.1 Å². The summed E-state index contributed by atoms with van der Waals surface area (Å²) in [6.07, 6.45) is 7.67. The third kappa shape index (κ3) is 3.11. The van der Waals surface area contributed by atoms with Gasteiger partial charge in [0, 0.05) is 13.1 Å². The average molecular weight is 237 g/mol. The molecule has 1 aromatic rings. The molecule has 1 aromatic heterocycles. The first-order chi connectivity index (χ1) is 8.26. The monoisotopic (exact) mass is 237 g/mol. The maximum atomic E-state index is 9.88. The maximum absolute atomic E-state index is 9.88. The Labute approximate surface area is 103 Å². The molecule has 3 heteroatoms. The summed E-state index contributed by atoms with van der Waals surface area (Å²) in [4.78, 5) is 0. The van der Waals surface area contributed by atoms with Crippen molar-refractivity contribution in [1.29, 1.82) is 0 Å². The third-order valence-electron chi connectivity index (χ3n) is 4.12. The van der Waals surface area contributed by atoms with E-state index in [1.807, 2.05) is 12.1 Å². The van der Waals surface area contributed by atoms with Gasteiger partial charge in [-0.1, -0.05) is 19.8 Å². The average Bonchev–Trinajstić information content (AvgIpc) is 3.01. The second-order valence-corrected chi connectivity index (χ2v) is 5.22. The van der Waals surface area contributed by atoms with Crippen LogP contribution in [0.15, 0.2) is 22.8 Å². The SMILES string of the molecule is CCC1(CNCC(O)c2ccco2)CCCC1. The number of rotatable bonds is 6. The zero-order valence-electron chi connectivity index (χ0n) is 10.6. The summed E-state index contributed by atoms with van der Waals surface area (Å²) in [5.41, 5.74) is 0.475. The Morgan fingerprint density at radius 2 is 2.24 bits per heavy atom. The number of hydrogen-bond acceptors (Lipinski definition) is 3. The highest BCUT2D eigenvalue weighted by Gasteiger charge is 2.31. The number of aliphatic hydroxyl groups is 1. The zero-order valence-corrected chi connectivity index (χ0v) is 10.6. The lowest BCUT2D eigenvalue weighted by Crippen LogP contribution is -2.34. The molecule has 1 fully saturated rings. The molecule has 1 unspecified atom stereocenters. The van der Waals surface area contributed by atoms with Gasteiger partial charge < -0.3 is 14.8 Å². The quantitative estimate of drug-likeness (QED) is 0.799. The van der Waals surface area contributed by atoms with E-state index in [-0.39, 0.29) is 0 Å². The Bertz CT molecular complexity index is 315. The summed E-state index contributed by atoms with van der Waals surface area (Å²) in [6, 6.07) is 3.63. The topological polar surface area (TPSA) is 45.4 Å². The summed E-state index contributed by atoms with van der Waals surface area (Å²) in [7, 11) is 0. The summed E-state index contributed by atoms with van der Waals surface area (Å²) in [6.45, 7) is 3.87. The van der Waals surface area contributed by atoms with Crippen molar-refractivity contribution >= 4 is 0 Å². The van der Waals surface area contributed by atoms with Crippen molar-refractivity contribution in [2.75, 3.05) is 13.1 Å². The lowest BCUT2D eigenvalue weighted by Gasteiger charge is -2.28. The number of hydrogen-bond donors (Lipinski definition) is 2. The Morgan fingerprint density at radius 1 is 1.47 bits per heavy atom. The van der Waals surface area contributed by atoms with Crippen molar-refractivity contribution in [2.45, 2.75) is 45.1 Å². The fourth-order valence-corrected chi connectivity index (χ4v) is 2.84. The number of nitrogens with one attached hydrogen (secondary N) is 1. The van der Waals surface area contributed by atoms with E-state index in [0.717, 1.165) is 6.54 Å². The van der Waals surface area contributed by atoms with E-state index in [1.54, 1.807) is 6.26 Å². The molecule has 0 bridgehead atoms. The van der Waals surface area contributed by atoms with Gasteiger partial charge in [-0.05, 0) is 36.8 Å². The fourth-order valence-electron chi connectivity index (χ4n) is 2.84. The minimum Gasteiger partial charge on any atom is -0.467 e. The predicted octanol–water partition coefficient (Wildman–Crippen LogP) is 2.87. The molecule has 1 aliphatic carbocycles. The molecule has 2 N–H and O–H groups in total. The van der Waals surface area contributed by atoms with Gasteiger partial charge in [0.25, 0.3) is 0 Å². The van der Waals surface area contributed by atoms with Gasteiger partial charge in [0.2, 0.25) is 0 Å². The van der Waals surface area contributed by atoms with Crippen LogP contribution in [0.4, 0.5) is 0 Å². The van der Waals surface area contributed by atoms with Crippen molar-refractivity contribution in [3.05, 3.63) is 24.2 Å². The van der Waals surface area contributed by atoms with Crippen molar-refractivity contribution < 1.29 is 9.52 Å². The lowest BCUT2D eigenvalue weighted by atomic mass is 9.83. The van der Waals surface area contributed by atoms with Crippen molar-refractivity contribution in [3.8, 4) is 0 Å². The van der Waals surface area contributed by atoms with E-state index in [0.29, 0.717) is 17.7 Å². The van der Waals surface area contributed by atoms with Gasteiger partial charge in [-0.3, -0.25) is 0 Å². The molecular formula is C14H23NO2. The van der Waals surface area contributed by atoms with Crippen LogP contribution in [0.2, 0.25) is 0 Å². The highest BCUT2D eigenvalue weighted by atomic mass is 16.4. The minimum absolute atomic E-state index is 0.475. The van der Waals surface area contributed by atoms with Crippen LogP contribution in [-0.2, 0) is 0 Å². The zero-order chi connectivity index (χ0) is 12.1. The molecule has 2 rings (SSSR count). The van der Waals surface area contributed by atoms with Gasteiger partial charge >= 0.3 is 0 Å². The molecule has 1 saturated carbocycles. The Kier molecular flexibility index (Phi) is 4.24. The number of aliphatic hydroxyl groups excluding tert-OH is 1. The molecule has 0 spiro atoms. The van der Waals surface area contributed by atoms with Crippen LogP contribution in [0.1, 0.15) is 50.9 Å². The predicted molar refractivity (Wildman–Crippen MR) is 67.7 cm³/mol. The number of furan rings is 1. The van der Waals surface area contributed by atoms with Gasteiger partial charge in [-0.25, -0.2) is 0 Å². The smallest absolute Gasteiger partial charge is 0.133 e. The van der Waals surface area contributed by atoms with E-state index in [9.17, 15) is 5.11 Å². The van der Waals surface area contributed by atoms with Gasteiger partial charge in [0.15, 0.2) is 0 Å². The van der Waals surface area contributed by atoms with E-state index >= 15 is 0 Å². The molecule has 1 aliphatic rings. The first-order valence-corrected chi connectivity index (χ1v) is 6.68. The standard InChI is InChI=1S/C14H23NO2/c1-2-14(7-3-4-8-14)11-15-10-12(16)13-6-5-9-17-13/h5-6,9,12,15-16H,2-4,7-8,10-11H2,1H3. The summed E-state index contributed by atoms with van der Waals surface area (Å²) in [5, 5.41) is 13.3. The molecular weight excluding hydrogens is 214 g/mol. The van der Waals surface area contributed by atoms with Crippen LogP contribution in [0.3, 0.4) is 0 Å². The third-order valence-corrected chi connectivity index (χ3v) is 4.12. The highest BCUT2D eigenvalue weighted by molar-refractivity contribution is 5.02. The van der Waals surface area contributed by atoms with E-state index in [2.05, 4.69) is 12.2 Å². The van der Waals surface area contributed by atoms with Crippen LogP contribution in [0.5, 0.6) is 0 Å². The molecule has 0 aliphatic heterocycles. The first kappa shape index (κ1) is 12.7. The minimum atomic E-state index is -0.527. The molecule has 96 valence electrons. The summed E-state index contributed by atoms with van der Waals surface area (Å²) < 4.78 is 5.18. The molecule has 3 nitrogen and oxygen atoms in total. The highest BCUT2D eigenvalue weighted by Crippen LogP contribution is 2.40. The van der Waals surface area contributed by atoms with Crippen molar-refractivity contribution in [2.24, 2.45) is 5.41 Å². The Balaban J connectivity index is 1.75. The van der Waals surface area contributed by atoms with Gasteiger partial charge in [0.05, 0.1) is 6.26 Å². The lowest BCUT2D eigenvalue weighted by molar-refractivity contribution is 0.139. The molecule has 0 aromatic carbocycles. The molecule has 0 radical (unpaired) electrons. The Hall–Kier alpha value is -0.800. The second kappa shape index (κ2) is 5.69. The maximum Gasteiger partial charge on any atom is 0.133 e. The normalized spacial score (nSPS) is 20.6.